The second kappa shape index (κ2) is 7.11. The van der Waals surface area contributed by atoms with Crippen molar-refractivity contribution in [2.45, 2.75) is 77.7 Å². The number of thiol groups is 1. The lowest BCUT2D eigenvalue weighted by atomic mass is 9.59. The van der Waals surface area contributed by atoms with Gasteiger partial charge in [-0.25, -0.2) is 0 Å². The maximum Gasteiger partial charge on any atom is 0.278 e. The second-order valence-electron chi connectivity index (χ2n) is 8.13. The van der Waals surface area contributed by atoms with Gasteiger partial charge in [0.1, 0.15) is 0 Å². The lowest BCUT2D eigenvalue weighted by molar-refractivity contribution is -0.0678. The van der Waals surface area contributed by atoms with Gasteiger partial charge in [-0.2, -0.15) is 0 Å². The third-order valence-electron chi connectivity index (χ3n) is 6.34. The molecule has 0 N–H and O–H groups in total. The van der Waals surface area contributed by atoms with E-state index < -0.39 is 0 Å². The van der Waals surface area contributed by atoms with Crippen LogP contribution >= 0.6 is 12.6 Å². The molecule has 2 fully saturated rings. The van der Waals surface area contributed by atoms with Crippen molar-refractivity contribution in [3.63, 3.8) is 0 Å². The van der Waals surface area contributed by atoms with Crippen LogP contribution in [0, 0.1) is 19.3 Å². The number of carbonyl (C=O) groups excluding carboxylic acids is 1. The molecule has 0 bridgehead atoms. The van der Waals surface area contributed by atoms with Gasteiger partial charge >= 0.3 is 0 Å². The molecule has 1 saturated carbocycles. The van der Waals surface area contributed by atoms with E-state index in [0.29, 0.717) is 17.4 Å². The van der Waals surface area contributed by atoms with Gasteiger partial charge < -0.3 is 4.90 Å². The van der Waals surface area contributed by atoms with Crippen molar-refractivity contribution in [1.82, 2.24) is 4.90 Å². The SMILES string of the molecule is CCCCC1N(C(=O)S)CC12CCC(c1cc(C)cc(C)c1)CC2. The predicted molar refractivity (Wildman–Crippen MR) is 104 cm³/mol. The van der Waals surface area contributed by atoms with E-state index in [0.717, 1.165) is 13.0 Å². The number of carbonyl (C=O) groups is 1. The Labute approximate surface area is 152 Å². The highest BCUT2D eigenvalue weighted by Crippen LogP contribution is 2.53. The van der Waals surface area contributed by atoms with Crippen molar-refractivity contribution in [1.29, 1.82) is 0 Å². The molecule has 1 aliphatic carbocycles. The summed E-state index contributed by atoms with van der Waals surface area (Å²) >= 11 is 4.09. The summed E-state index contributed by atoms with van der Waals surface area (Å²) in [6.45, 7) is 7.56. The van der Waals surface area contributed by atoms with Gasteiger partial charge in [-0.05, 0) is 57.4 Å². The Morgan fingerprint density at radius 1 is 1.21 bits per heavy atom. The van der Waals surface area contributed by atoms with Crippen LogP contribution in [-0.2, 0) is 0 Å². The van der Waals surface area contributed by atoms with E-state index in [1.807, 2.05) is 4.90 Å². The van der Waals surface area contributed by atoms with Crippen molar-refractivity contribution >= 4 is 17.9 Å². The summed E-state index contributed by atoms with van der Waals surface area (Å²) in [5, 5.41) is -0.0295. The molecule has 0 aromatic heterocycles. The van der Waals surface area contributed by atoms with Gasteiger partial charge in [0.05, 0.1) is 0 Å². The Morgan fingerprint density at radius 2 is 1.83 bits per heavy atom. The molecule has 2 aliphatic rings. The average molecular weight is 346 g/mol. The minimum Gasteiger partial charge on any atom is -0.330 e. The van der Waals surface area contributed by atoms with E-state index in [1.54, 1.807) is 0 Å². The first-order chi connectivity index (χ1) is 11.4. The molecule has 0 radical (unpaired) electrons. The number of hydrogen-bond acceptors (Lipinski definition) is 1. The molecule has 1 saturated heterocycles. The van der Waals surface area contributed by atoms with Gasteiger partial charge in [0.25, 0.3) is 5.24 Å². The van der Waals surface area contributed by atoms with Gasteiger partial charge in [0, 0.05) is 18.0 Å². The topological polar surface area (TPSA) is 20.3 Å². The fourth-order valence-electron chi connectivity index (χ4n) is 5.10. The Hall–Kier alpha value is -0.960. The molecule has 1 amide bonds. The number of unbranched alkanes of at least 4 members (excludes halogenated alkanes) is 1. The average Bonchev–Trinajstić information content (AvgIpc) is 2.52. The molecular weight excluding hydrogens is 314 g/mol. The van der Waals surface area contributed by atoms with Crippen molar-refractivity contribution in [2.24, 2.45) is 5.41 Å². The minimum absolute atomic E-state index is 0.0295. The van der Waals surface area contributed by atoms with Gasteiger partial charge in [0.2, 0.25) is 0 Å². The third kappa shape index (κ3) is 3.37. The number of hydrogen-bond donors (Lipinski definition) is 1. The monoisotopic (exact) mass is 345 g/mol. The zero-order valence-corrected chi connectivity index (χ0v) is 16.2. The number of nitrogens with zero attached hydrogens (tertiary/aromatic N) is 1. The van der Waals surface area contributed by atoms with Crippen LogP contribution in [0.15, 0.2) is 18.2 Å². The Bertz CT molecular complexity index is 584. The molecule has 1 aromatic carbocycles. The normalized spacial score (nSPS) is 29.6. The van der Waals surface area contributed by atoms with Crippen molar-refractivity contribution in [3.8, 4) is 0 Å². The Balaban J connectivity index is 1.68. The van der Waals surface area contributed by atoms with Gasteiger partial charge in [-0.3, -0.25) is 4.79 Å². The molecule has 2 nitrogen and oxygen atoms in total. The van der Waals surface area contributed by atoms with E-state index in [1.165, 1.54) is 55.2 Å². The molecule has 132 valence electrons. The summed E-state index contributed by atoms with van der Waals surface area (Å²) in [6.07, 6.45) is 8.61. The van der Waals surface area contributed by atoms with Crippen molar-refractivity contribution in [3.05, 3.63) is 34.9 Å². The third-order valence-corrected chi connectivity index (χ3v) is 6.60. The highest BCUT2D eigenvalue weighted by atomic mass is 32.1. The summed E-state index contributed by atoms with van der Waals surface area (Å²) in [6, 6.07) is 7.43. The summed E-state index contributed by atoms with van der Waals surface area (Å²) in [4.78, 5) is 13.8. The van der Waals surface area contributed by atoms with Crippen LogP contribution in [-0.4, -0.2) is 22.7 Å². The molecule has 1 heterocycles. The molecule has 1 spiro atoms. The quantitative estimate of drug-likeness (QED) is 0.676. The van der Waals surface area contributed by atoms with E-state index in [9.17, 15) is 4.79 Å². The first kappa shape index (κ1) is 17.8. The molecule has 3 rings (SSSR count). The van der Waals surface area contributed by atoms with Crippen LogP contribution < -0.4 is 0 Å². The number of aryl methyl sites for hydroxylation is 2. The summed E-state index contributed by atoms with van der Waals surface area (Å²) in [5.41, 5.74) is 4.65. The summed E-state index contributed by atoms with van der Waals surface area (Å²) < 4.78 is 0. The molecule has 1 aliphatic heterocycles. The lowest BCUT2D eigenvalue weighted by Gasteiger charge is -2.60. The molecule has 3 heteroatoms. The first-order valence-electron chi connectivity index (χ1n) is 9.53. The maximum absolute atomic E-state index is 11.8. The van der Waals surface area contributed by atoms with Crippen molar-refractivity contribution in [2.75, 3.05) is 6.54 Å². The smallest absolute Gasteiger partial charge is 0.278 e. The van der Waals surface area contributed by atoms with E-state index in [4.69, 9.17) is 0 Å². The summed E-state index contributed by atoms with van der Waals surface area (Å²) in [7, 11) is 0. The number of likely N-dealkylation sites (tertiary alicyclic amines) is 1. The molecule has 1 aromatic rings. The summed E-state index contributed by atoms with van der Waals surface area (Å²) in [5.74, 6) is 0.696. The van der Waals surface area contributed by atoms with Crippen LogP contribution in [0.25, 0.3) is 0 Å². The predicted octanol–water partition coefficient (Wildman–Crippen LogP) is 5.87. The Kier molecular flexibility index (Phi) is 5.29. The fraction of sp³-hybridized carbons (Fsp3) is 0.667. The second-order valence-corrected chi connectivity index (χ2v) is 8.51. The zero-order chi connectivity index (χ0) is 17.3. The highest BCUT2D eigenvalue weighted by Gasteiger charge is 2.54. The largest absolute Gasteiger partial charge is 0.330 e. The number of benzene rings is 1. The van der Waals surface area contributed by atoms with Gasteiger partial charge in [0.15, 0.2) is 0 Å². The molecule has 24 heavy (non-hydrogen) atoms. The minimum atomic E-state index is -0.0295. The molecular formula is C21H31NOS. The number of rotatable bonds is 4. The van der Waals surface area contributed by atoms with Crippen molar-refractivity contribution < 1.29 is 4.79 Å². The molecule has 1 unspecified atom stereocenters. The fourth-order valence-corrected chi connectivity index (χ4v) is 5.31. The van der Waals surface area contributed by atoms with E-state index in [2.05, 4.69) is 51.6 Å². The van der Waals surface area contributed by atoms with Gasteiger partial charge in [-0.1, -0.05) is 61.7 Å². The van der Waals surface area contributed by atoms with Crippen LogP contribution in [0.1, 0.15) is 74.5 Å². The van der Waals surface area contributed by atoms with Crippen LogP contribution in [0.3, 0.4) is 0 Å². The zero-order valence-electron chi connectivity index (χ0n) is 15.3. The highest BCUT2D eigenvalue weighted by molar-refractivity contribution is 7.96. The first-order valence-corrected chi connectivity index (χ1v) is 9.97. The Morgan fingerprint density at radius 3 is 2.38 bits per heavy atom. The lowest BCUT2D eigenvalue weighted by Crippen LogP contribution is -2.66. The van der Waals surface area contributed by atoms with Gasteiger partial charge in [-0.15, -0.1) is 0 Å². The molecule has 1 atom stereocenters. The van der Waals surface area contributed by atoms with Crippen LogP contribution in [0.2, 0.25) is 0 Å². The van der Waals surface area contributed by atoms with Crippen LogP contribution in [0.4, 0.5) is 4.79 Å². The number of amides is 1. The van der Waals surface area contributed by atoms with Crippen LogP contribution in [0.5, 0.6) is 0 Å². The van der Waals surface area contributed by atoms with E-state index in [-0.39, 0.29) is 5.24 Å². The maximum atomic E-state index is 11.8. The van der Waals surface area contributed by atoms with E-state index >= 15 is 0 Å². The standard InChI is InChI=1S/C21H31NOS/c1-4-5-6-19-21(14-22(19)20(23)24)9-7-17(8-10-21)18-12-15(2)11-16(3)13-18/h11-13,17,19H,4-10,14H2,1-3H3,(H,23,24).